The Labute approximate surface area is 151 Å². The van der Waals surface area contributed by atoms with Gasteiger partial charge in [0.2, 0.25) is 5.91 Å². The van der Waals surface area contributed by atoms with E-state index in [2.05, 4.69) is 10.6 Å². The summed E-state index contributed by atoms with van der Waals surface area (Å²) in [4.78, 5) is 24.0. The van der Waals surface area contributed by atoms with Crippen molar-refractivity contribution in [3.8, 4) is 11.5 Å². The van der Waals surface area contributed by atoms with E-state index in [0.29, 0.717) is 34.4 Å². The fourth-order valence-electron chi connectivity index (χ4n) is 2.09. The van der Waals surface area contributed by atoms with Crippen LogP contribution in [0, 0.1) is 0 Å². The summed E-state index contributed by atoms with van der Waals surface area (Å²) < 4.78 is 10.6. The number of anilines is 1. The summed E-state index contributed by atoms with van der Waals surface area (Å²) in [5, 5.41) is 5.78. The van der Waals surface area contributed by atoms with Crippen LogP contribution in [0.3, 0.4) is 0 Å². The first-order valence-electron chi connectivity index (χ1n) is 7.68. The Bertz CT molecular complexity index is 747. The molecule has 0 aliphatic carbocycles. The maximum absolute atomic E-state index is 12.0. The SMILES string of the molecule is CCOc1ccc(NC(=O)CNC(=O)c2ccc(Cl)cc2)cc1OC. The second-order valence-electron chi connectivity index (χ2n) is 5.04. The van der Waals surface area contributed by atoms with Crippen molar-refractivity contribution in [3.05, 3.63) is 53.1 Å². The molecule has 0 bridgehead atoms. The molecule has 6 nitrogen and oxygen atoms in total. The summed E-state index contributed by atoms with van der Waals surface area (Å²) in [7, 11) is 1.52. The van der Waals surface area contributed by atoms with Crippen LogP contribution in [-0.2, 0) is 4.79 Å². The molecule has 0 aliphatic rings. The Hall–Kier alpha value is -2.73. The molecule has 0 fully saturated rings. The number of hydrogen-bond donors (Lipinski definition) is 2. The second kappa shape index (κ2) is 8.94. The van der Waals surface area contributed by atoms with E-state index in [1.165, 1.54) is 7.11 Å². The molecule has 132 valence electrons. The number of ether oxygens (including phenoxy) is 2. The van der Waals surface area contributed by atoms with Crippen molar-refractivity contribution in [1.29, 1.82) is 0 Å². The van der Waals surface area contributed by atoms with Gasteiger partial charge in [0.25, 0.3) is 5.91 Å². The molecule has 2 aromatic rings. The maximum Gasteiger partial charge on any atom is 0.251 e. The van der Waals surface area contributed by atoms with Crippen LogP contribution >= 0.6 is 11.6 Å². The van der Waals surface area contributed by atoms with Gasteiger partial charge in [0.1, 0.15) is 0 Å². The molecule has 0 spiro atoms. The minimum atomic E-state index is -0.353. The second-order valence-corrected chi connectivity index (χ2v) is 5.47. The van der Waals surface area contributed by atoms with Gasteiger partial charge in [-0.15, -0.1) is 0 Å². The number of nitrogens with one attached hydrogen (secondary N) is 2. The molecule has 7 heteroatoms. The number of benzene rings is 2. The Morgan fingerprint density at radius 3 is 2.44 bits per heavy atom. The Morgan fingerprint density at radius 1 is 1.08 bits per heavy atom. The quantitative estimate of drug-likeness (QED) is 0.793. The van der Waals surface area contributed by atoms with E-state index in [-0.39, 0.29) is 18.4 Å². The number of hydrogen-bond acceptors (Lipinski definition) is 4. The third kappa shape index (κ3) is 5.39. The van der Waals surface area contributed by atoms with Crippen LogP contribution in [0.25, 0.3) is 0 Å². The van der Waals surface area contributed by atoms with Gasteiger partial charge in [0.05, 0.1) is 20.3 Å². The summed E-state index contributed by atoms with van der Waals surface area (Å²) in [6, 6.07) is 11.5. The minimum absolute atomic E-state index is 0.156. The number of methoxy groups -OCH3 is 1. The molecular formula is C18H19ClN2O4. The van der Waals surface area contributed by atoms with Crippen LogP contribution in [0.2, 0.25) is 5.02 Å². The van der Waals surface area contributed by atoms with Crippen LogP contribution < -0.4 is 20.1 Å². The molecular weight excluding hydrogens is 344 g/mol. The van der Waals surface area contributed by atoms with Gasteiger partial charge in [-0.25, -0.2) is 0 Å². The summed E-state index contributed by atoms with van der Waals surface area (Å²) in [5.74, 6) is 0.411. The molecule has 0 radical (unpaired) electrons. The highest BCUT2D eigenvalue weighted by molar-refractivity contribution is 6.30. The van der Waals surface area contributed by atoms with E-state index >= 15 is 0 Å². The maximum atomic E-state index is 12.0. The first kappa shape index (κ1) is 18.6. The van der Waals surface area contributed by atoms with Crippen molar-refractivity contribution < 1.29 is 19.1 Å². The molecule has 2 rings (SSSR count). The van der Waals surface area contributed by atoms with E-state index in [1.54, 1.807) is 42.5 Å². The van der Waals surface area contributed by atoms with Gasteiger partial charge in [0.15, 0.2) is 11.5 Å². The van der Waals surface area contributed by atoms with Crippen LogP contribution in [0.4, 0.5) is 5.69 Å². The molecule has 0 atom stereocenters. The Balaban J connectivity index is 1.91. The number of carbonyl (C=O) groups is 2. The van der Waals surface area contributed by atoms with Crippen LogP contribution in [-0.4, -0.2) is 32.1 Å². The van der Waals surface area contributed by atoms with E-state index < -0.39 is 0 Å². The van der Waals surface area contributed by atoms with E-state index in [9.17, 15) is 9.59 Å². The lowest BCUT2D eigenvalue weighted by Gasteiger charge is -2.12. The largest absolute Gasteiger partial charge is 0.493 e. The van der Waals surface area contributed by atoms with Crippen LogP contribution in [0.15, 0.2) is 42.5 Å². The molecule has 0 unspecified atom stereocenters. The summed E-state index contributed by atoms with van der Waals surface area (Å²) >= 11 is 5.77. The highest BCUT2D eigenvalue weighted by Crippen LogP contribution is 2.30. The Kier molecular flexibility index (Phi) is 6.65. The van der Waals surface area contributed by atoms with E-state index in [1.807, 2.05) is 6.92 Å². The first-order valence-corrected chi connectivity index (χ1v) is 8.05. The Morgan fingerprint density at radius 2 is 1.80 bits per heavy atom. The normalized spacial score (nSPS) is 10.0. The molecule has 2 amide bonds. The molecule has 0 heterocycles. The van der Waals surface area contributed by atoms with Gasteiger partial charge in [-0.3, -0.25) is 9.59 Å². The number of carbonyl (C=O) groups excluding carboxylic acids is 2. The van der Waals surface area contributed by atoms with Gasteiger partial charge in [-0.1, -0.05) is 11.6 Å². The summed E-state index contributed by atoms with van der Waals surface area (Å²) in [6.45, 7) is 2.23. The smallest absolute Gasteiger partial charge is 0.251 e. The summed E-state index contributed by atoms with van der Waals surface area (Å²) in [5.41, 5.74) is 0.978. The third-order valence-corrected chi connectivity index (χ3v) is 3.52. The lowest BCUT2D eigenvalue weighted by atomic mass is 10.2. The van der Waals surface area contributed by atoms with Crippen LogP contribution in [0.5, 0.6) is 11.5 Å². The topological polar surface area (TPSA) is 76.7 Å². The van der Waals surface area contributed by atoms with E-state index in [4.69, 9.17) is 21.1 Å². The lowest BCUT2D eigenvalue weighted by molar-refractivity contribution is -0.115. The fraction of sp³-hybridized carbons (Fsp3) is 0.222. The van der Waals surface area contributed by atoms with Gasteiger partial charge >= 0.3 is 0 Å². The molecule has 0 saturated carbocycles. The van der Waals surface area contributed by atoms with Crippen molar-refractivity contribution in [3.63, 3.8) is 0 Å². The predicted molar refractivity (Wildman–Crippen MR) is 96.6 cm³/mol. The molecule has 0 aliphatic heterocycles. The highest BCUT2D eigenvalue weighted by atomic mass is 35.5. The number of rotatable bonds is 7. The van der Waals surface area contributed by atoms with Crippen molar-refractivity contribution in [2.75, 3.05) is 25.6 Å². The predicted octanol–water partition coefficient (Wildman–Crippen LogP) is 3.12. The van der Waals surface area contributed by atoms with Gasteiger partial charge in [-0.2, -0.15) is 0 Å². The lowest BCUT2D eigenvalue weighted by Crippen LogP contribution is -2.32. The average Bonchev–Trinajstić information content (AvgIpc) is 2.61. The molecule has 2 N–H and O–H groups in total. The zero-order chi connectivity index (χ0) is 18.2. The van der Waals surface area contributed by atoms with E-state index in [0.717, 1.165) is 0 Å². The summed E-state index contributed by atoms with van der Waals surface area (Å²) in [6.07, 6.45) is 0. The van der Waals surface area contributed by atoms with Gasteiger partial charge < -0.3 is 20.1 Å². The molecule has 2 aromatic carbocycles. The first-order chi connectivity index (χ1) is 12.0. The van der Waals surface area contributed by atoms with Crippen molar-refractivity contribution in [2.24, 2.45) is 0 Å². The number of halogens is 1. The minimum Gasteiger partial charge on any atom is -0.493 e. The van der Waals surface area contributed by atoms with Crippen molar-refractivity contribution >= 4 is 29.1 Å². The number of amides is 2. The third-order valence-electron chi connectivity index (χ3n) is 3.26. The molecule has 0 aromatic heterocycles. The highest BCUT2D eigenvalue weighted by Gasteiger charge is 2.10. The van der Waals surface area contributed by atoms with Crippen LogP contribution in [0.1, 0.15) is 17.3 Å². The monoisotopic (exact) mass is 362 g/mol. The fourth-order valence-corrected chi connectivity index (χ4v) is 2.22. The zero-order valence-electron chi connectivity index (χ0n) is 14.0. The van der Waals surface area contributed by atoms with Crippen molar-refractivity contribution in [2.45, 2.75) is 6.92 Å². The van der Waals surface area contributed by atoms with Crippen molar-refractivity contribution in [1.82, 2.24) is 5.32 Å². The standard InChI is InChI=1S/C18H19ClN2O4/c1-3-25-15-9-8-14(10-16(15)24-2)21-17(22)11-20-18(23)12-4-6-13(19)7-5-12/h4-10H,3,11H2,1-2H3,(H,20,23)(H,21,22). The average molecular weight is 363 g/mol. The zero-order valence-corrected chi connectivity index (χ0v) is 14.7. The molecule has 0 saturated heterocycles. The van der Waals surface area contributed by atoms with Gasteiger partial charge in [-0.05, 0) is 43.3 Å². The molecule has 25 heavy (non-hydrogen) atoms. The van der Waals surface area contributed by atoms with Gasteiger partial charge in [0, 0.05) is 22.3 Å².